The first-order chi connectivity index (χ1) is 14.8. The summed E-state index contributed by atoms with van der Waals surface area (Å²) in [6, 6.07) is 15.7. The van der Waals surface area contributed by atoms with E-state index in [0.29, 0.717) is 10.7 Å². The molecule has 0 aliphatic heterocycles. The molecule has 2 aliphatic carbocycles. The Morgan fingerprint density at radius 2 is 1.90 bits per heavy atom. The van der Waals surface area contributed by atoms with Gasteiger partial charge in [-0.15, -0.1) is 0 Å². The number of aromatic amines is 1. The van der Waals surface area contributed by atoms with Crippen LogP contribution in [0.3, 0.4) is 0 Å². The lowest BCUT2D eigenvalue weighted by atomic mass is 9.88. The summed E-state index contributed by atoms with van der Waals surface area (Å²) in [4.78, 5) is 15.8. The van der Waals surface area contributed by atoms with Gasteiger partial charge in [0.15, 0.2) is 0 Å². The molecule has 5 rings (SSSR count). The monoisotopic (exact) mass is 436 g/mol. The van der Waals surface area contributed by atoms with E-state index in [-0.39, 0.29) is 5.91 Å². The third-order valence-electron chi connectivity index (χ3n) is 7.26. The number of quaternary nitrogens is 1. The number of hydrogen-bond donors (Lipinski definition) is 2. The molecule has 2 bridgehead atoms. The fraction of sp³-hybridized carbons (Fsp3) is 0.423. The van der Waals surface area contributed by atoms with Gasteiger partial charge in [0.2, 0.25) is 0 Å². The molecule has 2 aromatic carbocycles. The van der Waals surface area contributed by atoms with Crippen LogP contribution in [0.25, 0.3) is 10.9 Å². The number of amides is 1. The summed E-state index contributed by atoms with van der Waals surface area (Å²) in [5, 5.41) is 4.59. The minimum absolute atomic E-state index is 0.146. The third kappa shape index (κ3) is 4.51. The van der Waals surface area contributed by atoms with Gasteiger partial charge < -0.3 is 14.8 Å². The van der Waals surface area contributed by atoms with Crippen molar-refractivity contribution in [2.45, 2.75) is 32.2 Å². The molecule has 5 heteroatoms. The molecule has 2 N–H and O–H groups in total. The highest BCUT2D eigenvalue weighted by molar-refractivity contribution is 6.31. The van der Waals surface area contributed by atoms with E-state index in [1.807, 2.05) is 36.4 Å². The van der Waals surface area contributed by atoms with Crippen LogP contribution in [0.15, 0.2) is 48.5 Å². The fourth-order valence-corrected chi connectivity index (χ4v) is 6.09. The molecule has 162 valence electrons. The van der Waals surface area contributed by atoms with E-state index in [1.165, 1.54) is 37.8 Å². The second kappa shape index (κ2) is 7.99. The maximum absolute atomic E-state index is 12.7. The van der Waals surface area contributed by atoms with Crippen LogP contribution in [-0.2, 0) is 6.54 Å². The average Bonchev–Trinajstić information content (AvgIpc) is 3.43. The molecule has 3 atom stereocenters. The highest BCUT2D eigenvalue weighted by Crippen LogP contribution is 2.48. The van der Waals surface area contributed by atoms with Crippen molar-refractivity contribution in [3.05, 3.63) is 64.8 Å². The van der Waals surface area contributed by atoms with Gasteiger partial charge in [-0.1, -0.05) is 30.2 Å². The normalized spacial score (nSPS) is 22.9. The van der Waals surface area contributed by atoms with E-state index in [2.05, 4.69) is 36.5 Å². The first-order valence-electron chi connectivity index (χ1n) is 11.4. The number of carbonyl (C=O) groups is 1. The van der Waals surface area contributed by atoms with Gasteiger partial charge in [0, 0.05) is 33.1 Å². The summed E-state index contributed by atoms with van der Waals surface area (Å²) in [5.41, 5.74) is 3.56. The van der Waals surface area contributed by atoms with Gasteiger partial charge in [-0.2, -0.15) is 0 Å². The van der Waals surface area contributed by atoms with Crippen LogP contribution >= 0.6 is 11.6 Å². The van der Waals surface area contributed by atoms with Gasteiger partial charge in [-0.25, -0.2) is 0 Å². The molecular formula is C26H31ClN3O+. The fourth-order valence-electron chi connectivity index (χ4n) is 5.91. The van der Waals surface area contributed by atoms with Crippen molar-refractivity contribution in [2.24, 2.45) is 17.8 Å². The molecular weight excluding hydrogens is 406 g/mol. The van der Waals surface area contributed by atoms with Gasteiger partial charge in [0.05, 0.1) is 20.6 Å². The van der Waals surface area contributed by atoms with Gasteiger partial charge in [-0.05, 0) is 67.5 Å². The highest BCUT2D eigenvalue weighted by atomic mass is 35.5. The Balaban J connectivity index is 1.20. The van der Waals surface area contributed by atoms with E-state index in [9.17, 15) is 4.79 Å². The van der Waals surface area contributed by atoms with Crippen LogP contribution < -0.4 is 5.32 Å². The number of benzene rings is 2. The summed E-state index contributed by atoms with van der Waals surface area (Å²) in [7, 11) is 4.70. The highest BCUT2D eigenvalue weighted by Gasteiger charge is 2.42. The van der Waals surface area contributed by atoms with E-state index in [1.54, 1.807) is 0 Å². The van der Waals surface area contributed by atoms with Crippen molar-refractivity contribution in [3.8, 4) is 0 Å². The smallest absolute Gasteiger partial charge is 0.272 e. The molecule has 1 amide bonds. The van der Waals surface area contributed by atoms with Gasteiger partial charge in [-0.3, -0.25) is 4.79 Å². The maximum Gasteiger partial charge on any atom is 0.272 e. The number of nitrogens with zero attached hydrogens (tertiary/aromatic N) is 1. The zero-order valence-corrected chi connectivity index (χ0v) is 19.1. The Hall–Kier alpha value is -2.30. The lowest BCUT2D eigenvalue weighted by Gasteiger charge is -2.35. The Labute approximate surface area is 189 Å². The minimum atomic E-state index is -0.146. The molecule has 0 radical (unpaired) electrons. The van der Waals surface area contributed by atoms with Gasteiger partial charge >= 0.3 is 0 Å². The Morgan fingerprint density at radius 3 is 2.61 bits per heavy atom. The van der Waals surface area contributed by atoms with E-state index in [4.69, 9.17) is 11.6 Å². The number of anilines is 1. The van der Waals surface area contributed by atoms with Gasteiger partial charge in [0.25, 0.3) is 5.91 Å². The lowest BCUT2D eigenvalue weighted by Crippen LogP contribution is -2.43. The summed E-state index contributed by atoms with van der Waals surface area (Å²) in [6.45, 7) is 2.29. The van der Waals surface area contributed by atoms with Crippen LogP contribution in [0.1, 0.15) is 41.7 Å². The number of carbonyl (C=O) groups excluding carboxylic acids is 1. The van der Waals surface area contributed by atoms with E-state index >= 15 is 0 Å². The van der Waals surface area contributed by atoms with Crippen LogP contribution in [0.4, 0.5) is 5.69 Å². The number of halogens is 1. The standard InChI is InChI=1S/C26H30ClN3O/c1-30(2,16-21-12-18-3-6-19(21)11-18)15-17-4-8-23(9-5-17)28-26(31)25-14-20-13-22(27)7-10-24(20)29-25/h4-5,7-10,13-14,18-19,21H,3,6,11-12,15-16H2,1-2H3,(H-,28,29,31)/p+1. The van der Waals surface area contributed by atoms with E-state index in [0.717, 1.165) is 45.4 Å². The predicted octanol–water partition coefficient (Wildman–Crippen LogP) is 6.09. The lowest BCUT2D eigenvalue weighted by molar-refractivity contribution is -0.907. The summed E-state index contributed by atoms with van der Waals surface area (Å²) >= 11 is 6.05. The number of aromatic nitrogens is 1. The Morgan fingerprint density at radius 1 is 1.10 bits per heavy atom. The molecule has 31 heavy (non-hydrogen) atoms. The predicted molar refractivity (Wildman–Crippen MR) is 127 cm³/mol. The zero-order valence-electron chi connectivity index (χ0n) is 18.3. The topological polar surface area (TPSA) is 44.9 Å². The van der Waals surface area contributed by atoms with E-state index < -0.39 is 0 Å². The number of hydrogen-bond acceptors (Lipinski definition) is 1. The summed E-state index contributed by atoms with van der Waals surface area (Å²) in [5.74, 6) is 2.73. The minimum Gasteiger partial charge on any atom is -0.351 e. The van der Waals surface area contributed by atoms with Crippen molar-refractivity contribution >= 4 is 34.1 Å². The van der Waals surface area contributed by atoms with Gasteiger partial charge in [0.1, 0.15) is 12.2 Å². The maximum atomic E-state index is 12.7. The Kier molecular flexibility index (Phi) is 5.31. The quantitative estimate of drug-likeness (QED) is 0.451. The molecule has 2 aliphatic rings. The molecule has 3 unspecified atom stereocenters. The molecule has 4 nitrogen and oxygen atoms in total. The van der Waals surface area contributed by atoms with Crippen LogP contribution in [-0.4, -0.2) is 36.0 Å². The first-order valence-corrected chi connectivity index (χ1v) is 11.7. The van der Waals surface area contributed by atoms with Crippen molar-refractivity contribution < 1.29 is 9.28 Å². The first kappa shape index (κ1) is 20.6. The second-order valence-electron chi connectivity index (χ2n) is 10.3. The number of nitrogens with one attached hydrogen (secondary N) is 2. The molecule has 0 spiro atoms. The number of fused-ring (bicyclic) bond motifs is 3. The Bertz CT molecular complexity index is 1100. The van der Waals surface area contributed by atoms with Crippen LogP contribution in [0.2, 0.25) is 5.02 Å². The van der Waals surface area contributed by atoms with Crippen molar-refractivity contribution in [2.75, 3.05) is 26.0 Å². The molecule has 2 saturated carbocycles. The van der Waals surface area contributed by atoms with Crippen LogP contribution in [0, 0.1) is 17.8 Å². The van der Waals surface area contributed by atoms with Crippen molar-refractivity contribution in [1.29, 1.82) is 0 Å². The largest absolute Gasteiger partial charge is 0.351 e. The SMILES string of the molecule is C[N+](C)(Cc1ccc(NC(=O)c2cc3cc(Cl)ccc3[nH]2)cc1)CC1CC2CCC1C2. The zero-order chi connectivity index (χ0) is 21.6. The molecule has 1 heterocycles. The third-order valence-corrected chi connectivity index (χ3v) is 7.50. The van der Waals surface area contributed by atoms with Crippen molar-refractivity contribution in [3.63, 3.8) is 0 Å². The molecule has 2 fully saturated rings. The molecule has 1 aromatic heterocycles. The van der Waals surface area contributed by atoms with Crippen molar-refractivity contribution in [1.82, 2.24) is 4.98 Å². The summed E-state index contributed by atoms with van der Waals surface area (Å²) in [6.07, 6.45) is 5.83. The second-order valence-corrected chi connectivity index (χ2v) is 10.7. The van der Waals surface area contributed by atoms with Crippen LogP contribution in [0.5, 0.6) is 0 Å². The number of rotatable bonds is 6. The average molecular weight is 437 g/mol. The number of H-pyrrole nitrogens is 1. The molecule has 0 saturated heterocycles. The summed E-state index contributed by atoms with van der Waals surface area (Å²) < 4.78 is 1.03. The molecule has 3 aromatic rings.